The van der Waals surface area contributed by atoms with Gasteiger partial charge in [0.05, 0.1) is 16.7 Å². The van der Waals surface area contributed by atoms with Crippen molar-refractivity contribution in [2.24, 2.45) is 5.16 Å². The van der Waals surface area contributed by atoms with E-state index in [2.05, 4.69) is 10.5 Å². The minimum absolute atomic E-state index is 0.0200. The van der Waals surface area contributed by atoms with Crippen molar-refractivity contribution in [2.45, 2.75) is 17.9 Å². The molecule has 13 heteroatoms. The van der Waals surface area contributed by atoms with E-state index in [0.29, 0.717) is 16.1 Å². The lowest BCUT2D eigenvalue weighted by molar-refractivity contribution is 0.155. The number of hydrogen-bond donors (Lipinski definition) is 3. The Kier molecular flexibility index (Phi) is 8.17. The van der Waals surface area contributed by atoms with Crippen LogP contribution in [0.1, 0.15) is 23.5 Å². The minimum atomic E-state index is -4.09. The topological polar surface area (TPSA) is 134 Å². The smallest absolute Gasteiger partial charge is 0.389 e. The summed E-state index contributed by atoms with van der Waals surface area (Å²) in [7, 11) is -2.81. The van der Waals surface area contributed by atoms with Crippen LogP contribution >= 0.6 is 11.3 Å². The van der Waals surface area contributed by atoms with E-state index >= 15 is 0 Å². The van der Waals surface area contributed by atoms with Gasteiger partial charge >= 0.3 is 6.09 Å². The van der Waals surface area contributed by atoms with Crippen molar-refractivity contribution in [1.29, 1.82) is 0 Å². The predicted molar refractivity (Wildman–Crippen MR) is 129 cm³/mol. The summed E-state index contributed by atoms with van der Waals surface area (Å²) in [4.78, 5) is 16.8. The zero-order valence-corrected chi connectivity index (χ0v) is 20.2. The zero-order valence-electron chi connectivity index (χ0n) is 18.6. The molecule has 0 saturated carbocycles. The number of aliphatic hydroxyl groups is 1. The molecule has 0 aliphatic rings. The highest BCUT2D eigenvalue weighted by Gasteiger charge is 2.28. The maximum absolute atomic E-state index is 13.1. The molecule has 0 saturated heterocycles. The number of benzene rings is 2. The highest BCUT2D eigenvalue weighted by molar-refractivity contribution is 7.89. The lowest BCUT2D eigenvalue weighted by Crippen LogP contribution is -2.31. The molecule has 0 radical (unpaired) electrons. The van der Waals surface area contributed by atoms with Crippen molar-refractivity contribution in [3.63, 3.8) is 0 Å². The fraction of sp³-hybridized carbons (Fsp3) is 0.182. The molecule has 1 aromatic heterocycles. The summed E-state index contributed by atoms with van der Waals surface area (Å²) in [6.07, 6.45) is -2.12. The Morgan fingerprint density at radius 2 is 1.74 bits per heavy atom. The molecule has 3 aromatic rings. The molecule has 35 heavy (non-hydrogen) atoms. The number of halogens is 2. The van der Waals surface area contributed by atoms with Crippen LogP contribution in [0.25, 0.3) is 0 Å². The number of carbonyl (C=O) groups is 1. The molecule has 1 heterocycles. The van der Waals surface area contributed by atoms with Gasteiger partial charge in [0.2, 0.25) is 10.0 Å². The molecule has 9 nitrogen and oxygen atoms in total. The van der Waals surface area contributed by atoms with E-state index in [-0.39, 0.29) is 22.2 Å². The molecule has 2 aromatic carbocycles. The number of hydrogen-bond acceptors (Lipinski definition) is 8. The number of likely N-dealkylation sites (N-methyl/N-ethyl adjacent to an activating group) is 1. The number of carbonyl (C=O) groups excluding carboxylic acids is 1. The van der Waals surface area contributed by atoms with E-state index in [1.54, 1.807) is 0 Å². The lowest BCUT2D eigenvalue weighted by atomic mass is 10.1. The van der Waals surface area contributed by atoms with Crippen LogP contribution in [0.2, 0.25) is 0 Å². The van der Waals surface area contributed by atoms with Gasteiger partial charge in [-0.1, -0.05) is 17.3 Å². The van der Waals surface area contributed by atoms with Crippen molar-refractivity contribution in [3.8, 4) is 0 Å². The fourth-order valence-corrected chi connectivity index (χ4v) is 5.36. The first-order valence-corrected chi connectivity index (χ1v) is 12.3. The van der Waals surface area contributed by atoms with E-state index in [0.717, 1.165) is 27.8 Å². The van der Waals surface area contributed by atoms with E-state index < -0.39 is 33.9 Å². The summed E-state index contributed by atoms with van der Waals surface area (Å²) in [5.41, 5.74) is 6.77. The van der Waals surface area contributed by atoms with Crippen LogP contribution < -0.4 is 11.1 Å². The first-order valence-electron chi connectivity index (χ1n) is 10.0. The molecule has 3 rings (SSSR count). The lowest BCUT2D eigenvalue weighted by Gasteiger charge is -2.20. The van der Waals surface area contributed by atoms with E-state index in [1.165, 1.54) is 56.4 Å². The second-order valence-electron chi connectivity index (χ2n) is 7.38. The van der Waals surface area contributed by atoms with Gasteiger partial charge in [0.1, 0.15) is 21.5 Å². The number of oxime groups is 1. The first-order chi connectivity index (χ1) is 16.5. The third kappa shape index (κ3) is 6.60. The predicted octanol–water partition coefficient (Wildman–Crippen LogP) is 3.94. The Morgan fingerprint density at radius 1 is 1.17 bits per heavy atom. The SMILES string of the molecule is C/C(=N/OC(=O)Nc1ccc(F)cc1)c1cc(S(=O)(=O)N(C)CC(O)c2ccc(F)cc2)c(N)s1. The number of thiophene rings is 1. The maximum atomic E-state index is 13.1. The summed E-state index contributed by atoms with van der Waals surface area (Å²) in [5.74, 6) is -0.941. The largest absolute Gasteiger partial charge is 0.437 e. The number of aliphatic hydroxyl groups excluding tert-OH is 1. The molecule has 0 bridgehead atoms. The van der Waals surface area contributed by atoms with Crippen molar-refractivity contribution in [3.05, 3.63) is 76.7 Å². The van der Waals surface area contributed by atoms with Gasteiger partial charge in [-0.3, -0.25) is 10.2 Å². The number of nitrogens with two attached hydrogens (primary N) is 1. The Labute approximate surface area is 204 Å². The van der Waals surface area contributed by atoms with Crippen LogP contribution in [0.15, 0.2) is 64.6 Å². The average molecular weight is 525 g/mol. The van der Waals surface area contributed by atoms with Gasteiger partial charge in [-0.25, -0.2) is 22.0 Å². The second-order valence-corrected chi connectivity index (χ2v) is 10.5. The van der Waals surface area contributed by atoms with Crippen LogP contribution in [0.5, 0.6) is 0 Å². The van der Waals surface area contributed by atoms with Crippen LogP contribution in [0, 0.1) is 11.6 Å². The van der Waals surface area contributed by atoms with Crippen molar-refractivity contribution < 1.29 is 31.9 Å². The van der Waals surface area contributed by atoms with Gasteiger partial charge in [-0.05, 0) is 55.0 Å². The summed E-state index contributed by atoms with van der Waals surface area (Å²) in [6, 6.07) is 11.4. The molecule has 0 aliphatic heterocycles. The van der Waals surface area contributed by atoms with Crippen molar-refractivity contribution >= 4 is 43.9 Å². The molecule has 1 amide bonds. The third-order valence-electron chi connectivity index (χ3n) is 4.81. The number of nitrogens with zero attached hydrogens (tertiary/aromatic N) is 2. The summed E-state index contributed by atoms with van der Waals surface area (Å²) < 4.78 is 53.0. The Balaban J connectivity index is 1.68. The van der Waals surface area contributed by atoms with Gasteiger partial charge in [-0.2, -0.15) is 4.31 Å². The normalized spacial score (nSPS) is 13.0. The standard InChI is InChI=1S/C22H22F2N4O5S2/c1-13(27-33-22(30)26-17-9-7-16(24)8-10-17)19-11-20(21(25)34-19)35(31,32)28(2)12-18(29)14-3-5-15(23)6-4-14/h3-11,18,29H,12,25H2,1-2H3,(H,26,30)/b27-13-. The van der Waals surface area contributed by atoms with Gasteiger partial charge in [0.25, 0.3) is 0 Å². The number of amides is 1. The number of sulfonamides is 1. The summed E-state index contributed by atoms with van der Waals surface area (Å²) >= 11 is 0.924. The second kappa shape index (κ2) is 10.9. The molecule has 4 N–H and O–H groups in total. The molecule has 1 unspecified atom stereocenters. The van der Waals surface area contributed by atoms with Gasteiger partial charge in [-0.15, -0.1) is 11.3 Å². The van der Waals surface area contributed by atoms with E-state index in [4.69, 9.17) is 10.6 Å². The minimum Gasteiger partial charge on any atom is -0.389 e. The fourth-order valence-electron chi connectivity index (χ4n) is 2.90. The maximum Gasteiger partial charge on any atom is 0.437 e. The number of nitrogens with one attached hydrogen (secondary N) is 1. The van der Waals surface area contributed by atoms with Gasteiger partial charge in [0, 0.05) is 19.3 Å². The average Bonchev–Trinajstić information content (AvgIpc) is 3.22. The molecule has 0 fully saturated rings. The number of nitrogen functional groups attached to an aromatic ring is 1. The quantitative estimate of drug-likeness (QED) is 0.232. The third-order valence-corrected chi connectivity index (χ3v) is 7.88. The Hall–Kier alpha value is -3.39. The molecular weight excluding hydrogens is 502 g/mol. The van der Waals surface area contributed by atoms with E-state index in [9.17, 15) is 27.1 Å². The number of anilines is 2. The van der Waals surface area contributed by atoms with E-state index in [1.807, 2.05) is 0 Å². The van der Waals surface area contributed by atoms with Crippen LogP contribution in [-0.4, -0.2) is 43.2 Å². The van der Waals surface area contributed by atoms with Crippen molar-refractivity contribution in [1.82, 2.24) is 4.31 Å². The van der Waals surface area contributed by atoms with Gasteiger partial charge < -0.3 is 10.8 Å². The number of rotatable bonds is 8. The summed E-state index contributed by atoms with van der Waals surface area (Å²) in [5, 5.41) is 16.4. The monoisotopic (exact) mass is 524 g/mol. The van der Waals surface area contributed by atoms with Gasteiger partial charge in [0.15, 0.2) is 0 Å². The molecule has 0 aliphatic carbocycles. The highest BCUT2D eigenvalue weighted by Crippen LogP contribution is 2.32. The first kappa shape index (κ1) is 26.2. The van der Waals surface area contributed by atoms with Crippen LogP contribution in [0.4, 0.5) is 24.3 Å². The highest BCUT2D eigenvalue weighted by atomic mass is 32.2. The molecule has 0 spiro atoms. The van der Waals surface area contributed by atoms with Crippen molar-refractivity contribution in [2.75, 3.05) is 24.6 Å². The molecular formula is C22H22F2N4O5S2. The Bertz CT molecular complexity index is 1330. The van der Waals surface area contributed by atoms with Crippen LogP contribution in [-0.2, 0) is 14.9 Å². The molecule has 186 valence electrons. The van der Waals surface area contributed by atoms with Crippen LogP contribution in [0.3, 0.4) is 0 Å². The molecule has 1 atom stereocenters. The summed E-state index contributed by atoms with van der Waals surface area (Å²) in [6.45, 7) is 1.20. The Morgan fingerprint density at radius 3 is 2.34 bits per heavy atom. The zero-order chi connectivity index (χ0) is 25.8.